The summed E-state index contributed by atoms with van der Waals surface area (Å²) >= 11 is 6.25. The van der Waals surface area contributed by atoms with Gasteiger partial charge in [0, 0.05) is 11.1 Å². The van der Waals surface area contributed by atoms with Gasteiger partial charge in [0.25, 0.3) is 0 Å². The van der Waals surface area contributed by atoms with E-state index < -0.39 is 0 Å². The lowest BCUT2D eigenvalue weighted by Crippen LogP contribution is -2.11. The van der Waals surface area contributed by atoms with E-state index >= 15 is 0 Å². The topological polar surface area (TPSA) is 60.2 Å². The molecule has 0 amide bonds. The Bertz CT molecular complexity index is 599. The van der Waals surface area contributed by atoms with Crippen molar-refractivity contribution in [3.05, 3.63) is 28.4 Å². The van der Waals surface area contributed by atoms with Crippen LogP contribution in [-0.2, 0) is 6.42 Å². The number of rotatable bonds is 3. The zero-order chi connectivity index (χ0) is 13.3. The molecule has 5 heteroatoms. The van der Waals surface area contributed by atoms with Crippen LogP contribution in [-0.4, -0.2) is 12.1 Å². The van der Waals surface area contributed by atoms with Crippen molar-refractivity contribution in [3.63, 3.8) is 0 Å². The van der Waals surface area contributed by atoms with Crippen LogP contribution in [0.3, 0.4) is 0 Å². The van der Waals surface area contributed by atoms with E-state index in [1.165, 1.54) is 0 Å². The van der Waals surface area contributed by atoms with Gasteiger partial charge in [0.1, 0.15) is 11.3 Å². The quantitative estimate of drug-likeness (QED) is 0.661. The first-order valence-corrected chi connectivity index (χ1v) is 6.14. The van der Waals surface area contributed by atoms with E-state index in [-0.39, 0.29) is 0 Å². The molecule has 18 heavy (non-hydrogen) atoms. The molecule has 0 saturated carbocycles. The molecule has 0 radical (unpaired) electrons. The van der Waals surface area contributed by atoms with Crippen molar-refractivity contribution in [3.8, 4) is 5.75 Å². The molecule has 1 aromatic carbocycles. The number of fused-ring (bicyclic) bond motifs is 1. The van der Waals surface area contributed by atoms with Crippen molar-refractivity contribution in [1.29, 1.82) is 0 Å². The number of hydrogen-bond donors (Lipinski definition) is 2. The van der Waals surface area contributed by atoms with Crippen molar-refractivity contribution in [2.75, 3.05) is 12.5 Å². The summed E-state index contributed by atoms with van der Waals surface area (Å²) in [6.45, 7) is 4.04. The van der Waals surface area contributed by atoms with Gasteiger partial charge in [0.05, 0.1) is 17.8 Å². The Morgan fingerprint density at radius 2 is 2.17 bits per heavy atom. The molecule has 96 valence electrons. The highest BCUT2D eigenvalue weighted by Gasteiger charge is 2.15. The standard InChI is InChI=1S/C13H16ClN3O/c1-4-9-7(2)12(17-15)11-8(14)5-6-10(18-3)13(11)16-9/h5-6H,4,15H2,1-3H3,(H,16,17). The van der Waals surface area contributed by atoms with Crippen LogP contribution in [0.4, 0.5) is 5.69 Å². The predicted molar refractivity (Wildman–Crippen MR) is 75.2 cm³/mol. The van der Waals surface area contributed by atoms with Crippen molar-refractivity contribution < 1.29 is 4.74 Å². The molecule has 0 bridgehead atoms. The lowest BCUT2D eigenvalue weighted by Gasteiger charge is -2.15. The number of nitrogens with zero attached hydrogens (tertiary/aromatic N) is 1. The fourth-order valence-electron chi connectivity index (χ4n) is 2.14. The molecule has 1 aromatic heterocycles. The number of anilines is 1. The van der Waals surface area contributed by atoms with Gasteiger partial charge in [-0.25, -0.2) is 4.98 Å². The summed E-state index contributed by atoms with van der Waals surface area (Å²) in [6.07, 6.45) is 0.826. The summed E-state index contributed by atoms with van der Waals surface area (Å²) in [7, 11) is 1.62. The number of methoxy groups -OCH3 is 1. The van der Waals surface area contributed by atoms with E-state index in [0.29, 0.717) is 10.8 Å². The molecular weight excluding hydrogens is 250 g/mol. The average molecular weight is 266 g/mol. The minimum absolute atomic E-state index is 0.608. The van der Waals surface area contributed by atoms with Gasteiger partial charge in [-0.1, -0.05) is 18.5 Å². The number of ether oxygens (including phenoxy) is 1. The van der Waals surface area contributed by atoms with E-state index in [2.05, 4.69) is 17.3 Å². The molecule has 0 fully saturated rings. The number of hydrazine groups is 1. The molecule has 0 spiro atoms. The SMILES string of the molecule is CCc1nc2c(OC)ccc(Cl)c2c(NN)c1C. The highest BCUT2D eigenvalue weighted by Crippen LogP contribution is 2.37. The van der Waals surface area contributed by atoms with Crippen molar-refractivity contribution in [2.24, 2.45) is 5.84 Å². The minimum Gasteiger partial charge on any atom is -0.494 e. The third-order valence-corrected chi connectivity index (χ3v) is 3.41. The number of halogens is 1. The second-order valence-corrected chi connectivity index (χ2v) is 4.44. The molecule has 2 aromatic rings. The van der Waals surface area contributed by atoms with Crippen LogP contribution in [0.1, 0.15) is 18.2 Å². The van der Waals surface area contributed by atoms with Gasteiger partial charge in [0.15, 0.2) is 0 Å². The molecule has 0 aliphatic carbocycles. The van der Waals surface area contributed by atoms with Crippen LogP contribution < -0.4 is 16.0 Å². The van der Waals surface area contributed by atoms with Gasteiger partial charge in [-0.2, -0.15) is 0 Å². The second kappa shape index (κ2) is 5.00. The summed E-state index contributed by atoms with van der Waals surface area (Å²) < 4.78 is 5.33. The number of hydrogen-bond acceptors (Lipinski definition) is 4. The van der Waals surface area contributed by atoms with Crippen LogP contribution in [0.5, 0.6) is 5.75 Å². The first kappa shape index (κ1) is 12.9. The van der Waals surface area contributed by atoms with Crippen LogP contribution >= 0.6 is 11.6 Å². The third-order valence-electron chi connectivity index (χ3n) is 3.09. The Morgan fingerprint density at radius 1 is 1.44 bits per heavy atom. The van der Waals surface area contributed by atoms with Crippen molar-refractivity contribution in [1.82, 2.24) is 4.98 Å². The molecule has 0 atom stereocenters. The molecule has 1 heterocycles. The zero-order valence-corrected chi connectivity index (χ0v) is 11.4. The summed E-state index contributed by atoms with van der Waals surface area (Å²) in [4.78, 5) is 4.63. The van der Waals surface area contributed by atoms with Crippen LogP contribution in [0.15, 0.2) is 12.1 Å². The molecular formula is C13H16ClN3O. The minimum atomic E-state index is 0.608. The van der Waals surface area contributed by atoms with Gasteiger partial charge < -0.3 is 10.2 Å². The van der Waals surface area contributed by atoms with E-state index in [0.717, 1.165) is 34.3 Å². The molecule has 0 aliphatic rings. The Morgan fingerprint density at radius 3 is 2.72 bits per heavy atom. The average Bonchev–Trinajstić information content (AvgIpc) is 2.39. The highest BCUT2D eigenvalue weighted by atomic mass is 35.5. The van der Waals surface area contributed by atoms with Crippen molar-refractivity contribution in [2.45, 2.75) is 20.3 Å². The van der Waals surface area contributed by atoms with Gasteiger partial charge in [-0.15, -0.1) is 0 Å². The maximum Gasteiger partial charge on any atom is 0.145 e. The predicted octanol–water partition coefficient (Wildman–Crippen LogP) is 3.05. The molecule has 0 aliphatic heterocycles. The normalized spacial score (nSPS) is 10.7. The molecule has 0 saturated heterocycles. The van der Waals surface area contributed by atoms with Gasteiger partial charge >= 0.3 is 0 Å². The number of aromatic nitrogens is 1. The number of aryl methyl sites for hydroxylation is 1. The maximum atomic E-state index is 6.25. The maximum absolute atomic E-state index is 6.25. The third kappa shape index (κ3) is 1.87. The first-order valence-electron chi connectivity index (χ1n) is 5.76. The fourth-order valence-corrected chi connectivity index (χ4v) is 2.38. The van der Waals surface area contributed by atoms with Crippen LogP contribution in [0, 0.1) is 6.92 Å². The summed E-state index contributed by atoms with van der Waals surface area (Å²) in [5, 5.41) is 1.41. The molecule has 2 rings (SSSR count). The fraction of sp³-hybridized carbons (Fsp3) is 0.308. The van der Waals surface area contributed by atoms with Crippen LogP contribution in [0.2, 0.25) is 5.02 Å². The van der Waals surface area contributed by atoms with E-state index in [4.69, 9.17) is 22.2 Å². The first-order chi connectivity index (χ1) is 8.63. The molecule has 0 unspecified atom stereocenters. The number of nitrogen functional groups attached to an aromatic ring is 1. The van der Waals surface area contributed by atoms with E-state index in [9.17, 15) is 0 Å². The molecule has 3 N–H and O–H groups in total. The lowest BCUT2D eigenvalue weighted by molar-refractivity contribution is 0.419. The number of nitrogens with one attached hydrogen (secondary N) is 1. The number of nitrogens with two attached hydrogens (primary N) is 1. The second-order valence-electron chi connectivity index (χ2n) is 4.03. The van der Waals surface area contributed by atoms with Gasteiger partial charge in [-0.05, 0) is 31.0 Å². The number of benzene rings is 1. The summed E-state index contributed by atoms with van der Waals surface area (Å²) in [5.41, 5.74) is 6.27. The lowest BCUT2D eigenvalue weighted by atomic mass is 10.1. The Labute approximate surface area is 111 Å². The Balaban J connectivity index is 2.95. The highest BCUT2D eigenvalue weighted by molar-refractivity contribution is 6.36. The number of pyridine rings is 1. The summed E-state index contributed by atoms with van der Waals surface area (Å²) in [6, 6.07) is 3.60. The smallest absolute Gasteiger partial charge is 0.145 e. The Kier molecular flexibility index (Phi) is 3.59. The van der Waals surface area contributed by atoms with Crippen LogP contribution in [0.25, 0.3) is 10.9 Å². The van der Waals surface area contributed by atoms with Gasteiger partial charge in [0.2, 0.25) is 0 Å². The van der Waals surface area contributed by atoms with Gasteiger partial charge in [-0.3, -0.25) is 5.84 Å². The zero-order valence-electron chi connectivity index (χ0n) is 10.7. The van der Waals surface area contributed by atoms with E-state index in [1.54, 1.807) is 13.2 Å². The van der Waals surface area contributed by atoms with E-state index in [1.807, 2.05) is 13.0 Å². The van der Waals surface area contributed by atoms with Crippen molar-refractivity contribution >= 4 is 28.2 Å². The monoisotopic (exact) mass is 265 g/mol. The Hall–Kier alpha value is -1.52. The molecule has 4 nitrogen and oxygen atoms in total. The largest absolute Gasteiger partial charge is 0.494 e. The summed E-state index contributed by atoms with van der Waals surface area (Å²) in [5.74, 6) is 6.32.